The number of rotatable bonds is 6. The lowest BCUT2D eigenvalue weighted by atomic mass is 9.95. The number of anilines is 1. The van der Waals surface area contributed by atoms with Crippen LogP contribution >= 0.6 is 0 Å². The summed E-state index contributed by atoms with van der Waals surface area (Å²) < 4.78 is 33.1. The van der Waals surface area contributed by atoms with Crippen LogP contribution in [-0.2, 0) is 22.9 Å². The molecule has 1 heterocycles. The van der Waals surface area contributed by atoms with Crippen molar-refractivity contribution in [3.63, 3.8) is 0 Å². The van der Waals surface area contributed by atoms with Gasteiger partial charge in [-0.15, -0.1) is 0 Å². The number of nitrogens with zero attached hydrogens (tertiary/aromatic N) is 2. The van der Waals surface area contributed by atoms with Crippen LogP contribution < -0.4 is 5.32 Å². The van der Waals surface area contributed by atoms with Crippen LogP contribution in [0.25, 0.3) is 0 Å². The van der Waals surface area contributed by atoms with E-state index in [1.54, 1.807) is 16.4 Å². The SMILES string of the molecule is CCN(C1CCCCC1)S(=O)(=O)c1ccc(C(=O)Nc2onc3c2CCC3)cc1. The van der Waals surface area contributed by atoms with Crippen molar-refractivity contribution in [1.29, 1.82) is 0 Å². The first-order valence-corrected chi connectivity index (χ1v) is 11.9. The largest absolute Gasteiger partial charge is 0.338 e. The van der Waals surface area contributed by atoms with Crippen LogP contribution in [0.2, 0.25) is 0 Å². The Morgan fingerprint density at radius 1 is 1.14 bits per heavy atom. The number of carbonyl (C=O) groups excluding carboxylic acids is 1. The van der Waals surface area contributed by atoms with Gasteiger partial charge in [-0.25, -0.2) is 8.42 Å². The smallest absolute Gasteiger partial charge is 0.258 e. The highest BCUT2D eigenvalue weighted by Gasteiger charge is 2.31. The summed E-state index contributed by atoms with van der Waals surface area (Å²) in [6.07, 6.45) is 7.87. The molecule has 2 aliphatic carbocycles. The van der Waals surface area contributed by atoms with Gasteiger partial charge in [0.15, 0.2) is 0 Å². The van der Waals surface area contributed by atoms with Gasteiger partial charge in [-0.2, -0.15) is 4.31 Å². The van der Waals surface area contributed by atoms with Crippen molar-refractivity contribution in [2.75, 3.05) is 11.9 Å². The summed E-state index contributed by atoms with van der Waals surface area (Å²) in [5, 5.41) is 6.74. The van der Waals surface area contributed by atoms with Crippen molar-refractivity contribution in [1.82, 2.24) is 9.46 Å². The van der Waals surface area contributed by atoms with Gasteiger partial charge < -0.3 is 4.52 Å². The summed E-state index contributed by atoms with van der Waals surface area (Å²) in [6.45, 7) is 2.33. The molecule has 8 heteroatoms. The molecule has 7 nitrogen and oxygen atoms in total. The van der Waals surface area contributed by atoms with E-state index in [1.165, 1.54) is 18.6 Å². The van der Waals surface area contributed by atoms with Crippen molar-refractivity contribution >= 4 is 21.8 Å². The quantitative estimate of drug-likeness (QED) is 0.773. The third-order valence-corrected chi connectivity index (χ3v) is 8.00. The van der Waals surface area contributed by atoms with Crippen molar-refractivity contribution in [2.45, 2.75) is 69.2 Å². The summed E-state index contributed by atoms with van der Waals surface area (Å²) in [5.41, 5.74) is 2.25. The standard InChI is InChI=1S/C21H27N3O4S/c1-2-24(16-7-4-3-5-8-16)29(26,27)17-13-11-15(12-14-17)20(25)22-21-18-9-6-10-19(18)23-28-21/h11-14,16H,2-10H2,1H3,(H,22,25). The number of nitrogens with one attached hydrogen (secondary N) is 1. The van der Waals surface area contributed by atoms with E-state index >= 15 is 0 Å². The third kappa shape index (κ3) is 3.96. The van der Waals surface area contributed by atoms with E-state index in [2.05, 4.69) is 10.5 Å². The van der Waals surface area contributed by atoms with Crippen molar-refractivity contribution in [3.05, 3.63) is 41.1 Å². The lowest BCUT2D eigenvalue weighted by Crippen LogP contribution is -2.41. The summed E-state index contributed by atoms with van der Waals surface area (Å²) in [5.74, 6) is 0.0630. The van der Waals surface area contributed by atoms with Crippen LogP contribution in [0.1, 0.15) is 67.1 Å². The number of aryl methyl sites for hydroxylation is 1. The average molecular weight is 418 g/mol. The molecule has 0 atom stereocenters. The molecule has 1 saturated carbocycles. The van der Waals surface area contributed by atoms with E-state index in [4.69, 9.17) is 4.52 Å². The number of aromatic nitrogens is 1. The highest BCUT2D eigenvalue weighted by atomic mass is 32.2. The molecular weight excluding hydrogens is 390 g/mol. The van der Waals surface area contributed by atoms with Gasteiger partial charge in [0.1, 0.15) is 0 Å². The van der Waals surface area contributed by atoms with E-state index in [9.17, 15) is 13.2 Å². The van der Waals surface area contributed by atoms with Crippen LogP contribution in [0.5, 0.6) is 0 Å². The number of hydrogen-bond acceptors (Lipinski definition) is 5. The second-order valence-electron chi connectivity index (χ2n) is 7.77. The third-order valence-electron chi connectivity index (χ3n) is 5.95. The number of carbonyl (C=O) groups is 1. The first kappa shape index (κ1) is 20.1. The minimum absolute atomic E-state index is 0.0651. The van der Waals surface area contributed by atoms with Crippen LogP contribution in [-0.4, -0.2) is 36.4 Å². The van der Waals surface area contributed by atoms with Crippen LogP contribution in [0, 0.1) is 0 Å². The van der Waals surface area contributed by atoms with E-state index in [0.29, 0.717) is 18.0 Å². The lowest BCUT2D eigenvalue weighted by molar-refractivity contribution is 0.102. The van der Waals surface area contributed by atoms with Gasteiger partial charge in [-0.05, 0) is 56.4 Å². The maximum absolute atomic E-state index is 13.1. The zero-order valence-corrected chi connectivity index (χ0v) is 17.5. The summed E-state index contributed by atoms with van der Waals surface area (Å²) in [4.78, 5) is 12.8. The molecule has 1 fully saturated rings. The van der Waals surface area contributed by atoms with E-state index in [0.717, 1.165) is 56.2 Å². The van der Waals surface area contributed by atoms with E-state index < -0.39 is 10.0 Å². The summed E-state index contributed by atoms with van der Waals surface area (Å²) in [6, 6.07) is 6.19. The van der Waals surface area contributed by atoms with Crippen molar-refractivity contribution in [3.8, 4) is 0 Å². The van der Waals surface area contributed by atoms with Crippen molar-refractivity contribution in [2.24, 2.45) is 0 Å². The van der Waals surface area contributed by atoms with Gasteiger partial charge in [0, 0.05) is 23.7 Å². The predicted octanol–water partition coefficient (Wildman–Crippen LogP) is 3.76. The number of benzene rings is 1. The second kappa shape index (κ2) is 8.28. The van der Waals surface area contributed by atoms with E-state index in [-0.39, 0.29) is 16.8 Å². The molecule has 0 saturated heterocycles. The van der Waals surface area contributed by atoms with Crippen LogP contribution in [0.4, 0.5) is 5.88 Å². The Hall–Kier alpha value is -2.19. The fourth-order valence-corrected chi connectivity index (χ4v) is 6.10. The van der Waals surface area contributed by atoms with Gasteiger partial charge >= 0.3 is 0 Å². The maximum atomic E-state index is 13.1. The zero-order chi connectivity index (χ0) is 20.4. The average Bonchev–Trinajstić information content (AvgIpc) is 3.34. The molecule has 1 amide bonds. The molecule has 156 valence electrons. The molecule has 0 aliphatic heterocycles. The first-order valence-electron chi connectivity index (χ1n) is 10.4. The minimum Gasteiger partial charge on any atom is -0.338 e. The molecule has 1 aromatic carbocycles. The Kier molecular flexibility index (Phi) is 5.74. The van der Waals surface area contributed by atoms with Crippen LogP contribution in [0.15, 0.2) is 33.7 Å². The fraction of sp³-hybridized carbons (Fsp3) is 0.524. The number of fused-ring (bicyclic) bond motifs is 1. The Balaban J connectivity index is 1.49. The van der Waals surface area contributed by atoms with Crippen molar-refractivity contribution < 1.29 is 17.7 Å². The highest BCUT2D eigenvalue weighted by molar-refractivity contribution is 7.89. The summed E-state index contributed by atoms with van der Waals surface area (Å²) >= 11 is 0. The Morgan fingerprint density at radius 3 is 2.55 bits per heavy atom. The first-order chi connectivity index (χ1) is 14.0. The molecule has 0 bridgehead atoms. The lowest BCUT2D eigenvalue weighted by Gasteiger charge is -2.32. The zero-order valence-electron chi connectivity index (χ0n) is 16.7. The molecule has 2 aliphatic rings. The molecule has 4 rings (SSSR count). The van der Waals surface area contributed by atoms with Gasteiger partial charge in [0.25, 0.3) is 5.91 Å². The van der Waals surface area contributed by atoms with Gasteiger partial charge in [0.05, 0.1) is 10.6 Å². The van der Waals surface area contributed by atoms with Gasteiger partial charge in [0.2, 0.25) is 15.9 Å². The molecule has 0 spiro atoms. The fourth-order valence-electron chi connectivity index (χ4n) is 4.41. The molecule has 29 heavy (non-hydrogen) atoms. The molecule has 1 aromatic heterocycles. The molecule has 0 unspecified atom stereocenters. The normalized spacial score (nSPS) is 17.4. The van der Waals surface area contributed by atoms with Gasteiger partial charge in [-0.1, -0.05) is 31.3 Å². The second-order valence-corrected chi connectivity index (χ2v) is 9.66. The molecule has 2 aromatic rings. The topological polar surface area (TPSA) is 92.5 Å². The molecular formula is C21H27N3O4S. The molecule has 0 radical (unpaired) electrons. The minimum atomic E-state index is -3.58. The summed E-state index contributed by atoms with van der Waals surface area (Å²) in [7, 11) is -3.58. The van der Waals surface area contributed by atoms with Gasteiger partial charge in [-0.3, -0.25) is 10.1 Å². The number of hydrogen-bond donors (Lipinski definition) is 1. The number of amides is 1. The van der Waals surface area contributed by atoms with E-state index in [1.807, 2.05) is 6.92 Å². The Bertz CT molecular complexity index is 976. The Labute approximate surface area is 171 Å². The van der Waals surface area contributed by atoms with Crippen LogP contribution in [0.3, 0.4) is 0 Å². The predicted molar refractivity (Wildman–Crippen MR) is 109 cm³/mol. The maximum Gasteiger partial charge on any atom is 0.258 e. The monoisotopic (exact) mass is 417 g/mol. The Morgan fingerprint density at radius 2 is 1.86 bits per heavy atom. The molecule has 1 N–H and O–H groups in total. The number of sulfonamides is 1. The highest BCUT2D eigenvalue weighted by Crippen LogP contribution is 2.30.